The molecule has 8 nitrogen and oxygen atoms in total. The van der Waals surface area contributed by atoms with Gasteiger partial charge in [0.25, 0.3) is 10.0 Å². The SMILES string of the molecule is CCNC(=O)[C@@H](CC)N(Cc1ccc(OC)cc1)C(=O)CN(c1cc(C(F)(F)F)ccc1Cl)S(=O)(=O)c1ccccc1. The van der Waals surface area contributed by atoms with E-state index in [4.69, 9.17) is 16.3 Å². The molecule has 1 atom stereocenters. The minimum absolute atomic E-state index is 0.0893. The van der Waals surface area contributed by atoms with Gasteiger partial charge in [0.1, 0.15) is 18.3 Å². The number of ether oxygens (including phenoxy) is 1. The molecule has 0 aromatic heterocycles. The van der Waals surface area contributed by atoms with Crippen LogP contribution < -0.4 is 14.4 Å². The first kappa shape index (κ1) is 32.7. The molecule has 0 spiro atoms. The highest BCUT2D eigenvalue weighted by molar-refractivity contribution is 7.92. The first-order valence-corrected chi connectivity index (χ1v) is 14.8. The number of benzene rings is 3. The fraction of sp³-hybridized carbons (Fsp3) is 0.310. The molecule has 226 valence electrons. The highest BCUT2D eigenvalue weighted by Crippen LogP contribution is 2.37. The fourth-order valence-corrected chi connectivity index (χ4v) is 5.97. The van der Waals surface area contributed by atoms with E-state index < -0.39 is 51.9 Å². The summed E-state index contributed by atoms with van der Waals surface area (Å²) in [6, 6.07) is 14.9. The van der Waals surface area contributed by atoms with Crippen molar-refractivity contribution in [2.45, 2.75) is 43.9 Å². The van der Waals surface area contributed by atoms with Gasteiger partial charge >= 0.3 is 6.18 Å². The summed E-state index contributed by atoms with van der Waals surface area (Å²) in [6.45, 7) is 2.67. The molecule has 0 aliphatic rings. The molecule has 2 amide bonds. The average molecular weight is 626 g/mol. The normalized spacial score (nSPS) is 12.4. The van der Waals surface area contributed by atoms with Crippen LogP contribution in [0.4, 0.5) is 18.9 Å². The lowest BCUT2D eigenvalue weighted by Gasteiger charge is -2.33. The zero-order valence-electron chi connectivity index (χ0n) is 23.2. The number of alkyl halides is 3. The smallest absolute Gasteiger partial charge is 0.416 e. The Bertz CT molecular complexity index is 1490. The number of likely N-dealkylation sites (N-methyl/N-ethyl adjacent to an activating group) is 1. The van der Waals surface area contributed by atoms with Crippen LogP contribution in [0.1, 0.15) is 31.4 Å². The summed E-state index contributed by atoms with van der Waals surface area (Å²) in [4.78, 5) is 27.9. The first-order valence-electron chi connectivity index (χ1n) is 13.0. The number of amides is 2. The maximum Gasteiger partial charge on any atom is 0.416 e. The Balaban J connectivity index is 2.14. The van der Waals surface area contributed by atoms with Gasteiger partial charge in [-0.1, -0.05) is 48.9 Å². The van der Waals surface area contributed by atoms with Crippen LogP contribution in [-0.4, -0.2) is 51.4 Å². The number of rotatable bonds is 12. The summed E-state index contributed by atoms with van der Waals surface area (Å²) in [5, 5.41) is 2.37. The van der Waals surface area contributed by atoms with Crippen LogP contribution in [0.3, 0.4) is 0 Å². The number of halogens is 4. The highest BCUT2D eigenvalue weighted by Gasteiger charge is 2.36. The van der Waals surface area contributed by atoms with E-state index in [-0.39, 0.29) is 29.4 Å². The highest BCUT2D eigenvalue weighted by atomic mass is 35.5. The van der Waals surface area contributed by atoms with E-state index in [2.05, 4.69) is 5.32 Å². The molecule has 3 rings (SSSR count). The van der Waals surface area contributed by atoms with E-state index in [1.54, 1.807) is 44.2 Å². The number of carbonyl (C=O) groups excluding carboxylic acids is 2. The molecule has 0 aliphatic heterocycles. The van der Waals surface area contributed by atoms with Gasteiger partial charge in [-0.05, 0) is 61.4 Å². The second-order valence-electron chi connectivity index (χ2n) is 9.18. The van der Waals surface area contributed by atoms with Crippen molar-refractivity contribution in [3.05, 3.63) is 88.9 Å². The Kier molecular flexibility index (Phi) is 10.9. The number of hydrogen-bond donors (Lipinski definition) is 1. The van der Waals surface area contributed by atoms with Crippen molar-refractivity contribution >= 4 is 39.1 Å². The van der Waals surface area contributed by atoms with Gasteiger partial charge in [-0.3, -0.25) is 13.9 Å². The lowest BCUT2D eigenvalue weighted by molar-refractivity contribution is -0.140. The Morgan fingerprint density at radius 3 is 2.19 bits per heavy atom. The van der Waals surface area contributed by atoms with Crippen molar-refractivity contribution in [3.63, 3.8) is 0 Å². The third-order valence-electron chi connectivity index (χ3n) is 6.40. The summed E-state index contributed by atoms with van der Waals surface area (Å²) in [7, 11) is -3.10. The van der Waals surface area contributed by atoms with Gasteiger partial charge in [0.2, 0.25) is 11.8 Å². The molecule has 3 aromatic rings. The minimum atomic E-state index is -4.81. The molecule has 0 saturated carbocycles. The lowest BCUT2D eigenvalue weighted by atomic mass is 10.1. The summed E-state index contributed by atoms with van der Waals surface area (Å²) in [5.41, 5.74) is -1.06. The van der Waals surface area contributed by atoms with Gasteiger partial charge in [0.05, 0.1) is 28.3 Å². The van der Waals surface area contributed by atoms with Gasteiger partial charge in [0, 0.05) is 13.1 Å². The van der Waals surface area contributed by atoms with E-state index in [1.165, 1.54) is 36.3 Å². The molecule has 3 aromatic carbocycles. The molecule has 0 heterocycles. The molecule has 0 aliphatic carbocycles. The van der Waals surface area contributed by atoms with Gasteiger partial charge < -0.3 is 15.0 Å². The molecule has 42 heavy (non-hydrogen) atoms. The molecule has 0 radical (unpaired) electrons. The molecule has 0 bridgehead atoms. The molecular weight excluding hydrogens is 595 g/mol. The predicted molar refractivity (Wildman–Crippen MR) is 154 cm³/mol. The maximum absolute atomic E-state index is 14.0. The second-order valence-corrected chi connectivity index (χ2v) is 11.4. The number of methoxy groups -OCH3 is 1. The van der Waals surface area contributed by atoms with Gasteiger partial charge in [-0.25, -0.2) is 8.42 Å². The van der Waals surface area contributed by atoms with Crippen molar-refractivity contribution in [3.8, 4) is 5.75 Å². The Morgan fingerprint density at radius 2 is 1.64 bits per heavy atom. The fourth-order valence-electron chi connectivity index (χ4n) is 4.25. The quantitative estimate of drug-likeness (QED) is 0.287. The third-order valence-corrected chi connectivity index (χ3v) is 8.49. The van der Waals surface area contributed by atoms with E-state index in [0.717, 1.165) is 12.1 Å². The van der Waals surface area contributed by atoms with Crippen molar-refractivity contribution in [1.82, 2.24) is 10.2 Å². The summed E-state index contributed by atoms with van der Waals surface area (Å²) in [6.07, 6.45) is -4.62. The van der Waals surface area contributed by atoms with Gasteiger partial charge in [-0.15, -0.1) is 0 Å². The Morgan fingerprint density at radius 1 is 1.00 bits per heavy atom. The van der Waals surface area contributed by atoms with Crippen LogP contribution >= 0.6 is 11.6 Å². The van der Waals surface area contributed by atoms with Crippen LogP contribution in [0.5, 0.6) is 5.75 Å². The predicted octanol–water partition coefficient (Wildman–Crippen LogP) is 5.51. The summed E-state index contributed by atoms with van der Waals surface area (Å²) >= 11 is 6.26. The molecule has 0 unspecified atom stereocenters. The maximum atomic E-state index is 14.0. The number of sulfonamides is 1. The van der Waals surface area contributed by atoms with E-state index in [1.807, 2.05) is 0 Å². The standard InChI is InChI=1S/C29H31ClF3N3O5S/c1-4-25(28(38)34-5-2)35(18-20-11-14-22(41-3)15-12-20)27(37)19-36(42(39,40)23-9-7-6-8-10-23)26-17-21(29(31,32)33)13-16-24(26)30/h6-17,25H,4-5,18-19H2,1-3H3,(H,34,38)/t25-/m1/s1. The molecule has 1 N–H and O–H groups in total. The van der Waals surface area contributed by atoms with Crippen molar-refractivity contribution in [2.75, 3.05) is 24.5 Å². The number of anilines is 1. The summed E-state index contributed by atoms with van der Waals surface area (Å²) in [5.74, 6) is -0.722. The lowest BCUT2D eigenvalue weighted by Crippen LogP contribution is -2.52. The Labute approximate surface area is 248 Å². The largest absolute Gasteiger partial charge is 0.497 e. The number of hydrogen-bond acceptors (Lipinski definition) is 5. The van der Waals surface area contributed by atoms with Crippen LogP contribution in [0, 0.1) is 0 Å². The van der Waals surface area contributed by atoms with E-state index >= 15 is 0 Å². The van der Waals surface area contributed by atoms with Gasteiger partial charge in [0.15, 0.2) is 0 Å². The molecule has 13 heteroatoms. The van der Waals surface area contributed by atoms with Gasteiger partial charge in [-0.2, -0.15) is 13.2 Å². The molecule has 0 saturated heterocycles. The monoisotopic (exact) mass is 625 g/mol. The third kappa shape index (κ3) is 7.74. The minimum Gasteiger partial charge on any atom is -0.497 e. The van der Waals surface area contributed by atoms with Crippen molar-refractivity contribution in [2.24, 2.45) is 0 Å². The van der Waals surface area contributed by atoms with Crippen molar-refractivity contribution in [1.29, 1.82) is 0 Å². The second kappa shape index (κ2) is 13.9. The number of nitrogens with zero attached hydrogens (tertiary/aromatic N) is 2. The number of carbonyl (C=O) groups is 2. The topological polar surface area (TPSA) is 96.0 Å². The van der Waals surface area contributed by atoms with E-state index in [9.17, 15) is 31.2 Å². The first-order chi connectivity index (χ1) is 19.8. The van der Waals surface area contributed by atoms with Crippen LogP contribution in [0.25, 0.3) is 0 Å². The zero-order valence-corrected chi connectivity index (χ0v) is 24.8. The number of nitrogens with one attached hydrogen (secondary N) is 1. The van der Waals surface area contributed by atoms with Crippen LogP contribution in [0.15, 0.2) is 77.7 Å². The average Bonchev–Trinajstić information content (AvgIpc) is 2.96. The van der Waals surface area contributed by atoms with Crippen molar-refractivity contribution < 1.29 is 35.9 Å². The van der Waals surface area contributed by atoms with E-state index in [0.29, 0.717) is 21.7 Å². The van der Waals surface area contributed by atoms with Crippen LogP contribution in [0.2, 0.25) is 5.02 Å². The molecule has 0 fully saturated rings. The summed E-state index contributed by atoms with van der Waals surface area (Å²) < 4.78 is 74.3. The zero-order chi connectivity index (χ0) is 31.1. The molecular formula is C29H31ClF3N3O5S. The Hall–Kier alpha value is -3.77. The van der Waals surface area contributed by atoms with Crippen LogP contribution in [-0.2, 0) is 32.3 Å².